The van der Waals surface area contributed by atoms with E-state index in [1.807, 2.05) is 0 Å². The average molecular weight is 544 g/mol. The maximum absolute atomic E-state index is 11.8. The zero-order chi connectivity index (χ0) is 17.4. The molecule has 2 rings (SSSR count). The van der Waals surface area contributed by atoms with Gasteiger partial charge in [-0.2, -0.15) is 0 Å². The Morgan fingerprint density at radius 2 is 2.09 bits per heavy atom. The molecular weight excluding hydrogens is 516 g/mol. The van der Waals surface area contributed by atoms with Gasteiger partial charge in [0.15, 0.2) is 0 Å². The van der Waals surface area contributed by atoms with E-state index in [4.69, 9.17) is 17.4 Å². The molecule has 6 heteroatoms. The Hall–Kier alpha value is 0.352. The Balaban J connectivity index is 2.22. The first-order chi connectivity index (χ1) is 10.5. The summed E-state index contributed by atoms with van der Waals surface area (Å²) in [5.41, 5.74) is 2.40. The predicted octanol–water partition coefficient (Wildman–Crippen LogP) is 4.85. The van der Waals surface area contributed by atoms with E-state index in [-0.39, 0.29) is 29.1 Å². The molecule has 1 aliphatic carbocycles. The number of hydrogen-bond acceptors (Lipinski definition) is 3. The van der Waals surface area contributed by atoms with Crippen LogP contribution in [0, 0.1) is 5.92 Å². The summed E-state index contributed by atoms with van der Waals surface area (Å²) < 4.78 is 13.1. The molecule has 23 heavy (non-hydrogen) atoms. The van der Waals surface area contributed by atoms with Gasteiger partial charge in [-0.25, -0.2) is 0 Å². The molecule has 0 radical (unpaired) electrons. The third-order valence-corrected chi connectivity index (χ3v) is 14.6. The van der Waals surface area contributed by atoms with Crippen molar-refractivity contribution in [3.8, 4) is 0 Å². The molecule has 3 nitrogen and oxygen atoms in total. The minimum atomic E-state index is -1.82. The predicted molar refractivity (Wildman–Crippen MR) is 92.6 cm³/mol. The Kier molecular flexibility index (Phi) is 6.25. The number of fused-ring (bicyclic) bond motifs is 1. The number of carbonyl (C=O) groups excluding carboxylic acids is 1. The fourth-order valence-electron chi connectivity index (χ4n) is 2.98. The second-order valence-corrected chi connectivity index (χ2v) is 19.7. The van der Waals surface area contributed by atoms with Gasteiger partial charge >= 0.3 is 157 Å². The van der Waals surface area contributed by atoms with E-state index in [1.54, 1.807) is 6.08 Å². The molecule has 0 N–H and O–H groups in total. The van der Waals surface area contributed by atoms with Crippen LogP contribution in [-0.4, -0.2) is 26.5 Å². The molecule has 0 aromatic heterocycles. The van der Waals surface area contributed by atoms with Crippen LogP contribution in [0.1, 0.15) is 34.1 Å². The van der Waals surface area contributed by atoms with E-state index < -0.39 is 31.7 Å². The van der Waals surface area contributed by atoms with Crippen LogP contribution in [0.25, 0.3) is 0 Å². The monoisotopic (exact) mass is 544 g/mol. The van der Waals surface area contributed by atoms with Gasteiger partial charge in [-0.3, -0.25) is 0 Å². The van der Waals surface area contributed by atoms with E-state index in [0.29, 0.717) is 0 Å². The number of hydrogen-bond donors (Lipinski definition) is 0. The number of ether oxygens (including phenoxy) is 1. The Bertz CT molecular complexity index is 536. The minimum absolute atomic E-state index is 0.126. The standard InChI is InChI=1S/C17H27O3Si.ClH.Hg/c1-11-9-16(18)19-15-8-12(2)14(10-13(11)15)20-21(6,7)17(3,4)5;;/h8-9,13-15H,1,10H2,2-7H3;1H;/q;;+1/p-1/t13-,14-,15-;;/m1../s1. The fourth-order valence-corrected chi connectivity index (χ4v) is 9.09. The van der Waals surface area contributed by atoms with Crippen LogP contribution >= 0.6 is 8.25 Å². The van der Waals surface area contributed by atoms with E-state index in [2.05, 4.69) is 46.9 Å². The number of esters is 1. The molecule has 1 heterocycles. The molecule has 0 fully saturated rings. The van der Waals surface area contributed by atoms with Crippen LogP contribution < -0.4 is 0 Å². The van der Waals surface area contributed by atoms with Crippen molar-refractivity contribution in [2.24, 2.45) is 5.92 Å². The summed E-state index contributed by atoms with van der Waals surface area (Å²) in [6, 6.07) is 0. The summed E-state index contributed by atoms with van der Waals surface area (Å²) in [6.45, 7) is 13.5. The third-order valence-electron chi connectivity index (χ3n) is 5.46. The van der Waals surface area contributed by atoms with Gasteiger partial charge in [-0.1, -0.05) is 0 Å². The van der Waals surface area contributed by atoms with Gasteiger partial charge in [0.25, 0.3) is 0 Å². The molecule has 0 unspecified atom stereocenters. The van der Waals surface area contributed by atoms with Crippen molar-refractivity contribution in [2.75, 3.05) is 0 Å². The summed E-state index contributed by atoms with van der Waals surface area (Å²) in [5.74, 6) is 0.0394. The molecule has 126 valence electrons. The molecule has 0 aromatic carbocycles. The molecule has 0 amide bonds. The van der Waals surface area contributed by atoms with Crippen LogP contribution in [0.15, 0.2) is 23.3 Å². The third kappa shape index (κ3) is 4.50. The second-order valence-electron chi connectivity index (χ2n) is 8.18. The van der Waals surface area contributed by atoms with Gasteiger partial charge in [0.1, 0.15) is 0 Å². The van der Waals surface area contributed by atoms with Crippen LogP contribution in [0.3, 0.4) is 0 Å². The van der Waals surface area contributed by atoms with Gasteiger partial charge in [-0.15, -0.1) is 0 Å². The van der Waals surface area contributed by atoms with Crippen molar-refractivity contribution in [1.29, 1.82) is 0 Å². The van der Waals surface area contributed by atoms with Gasteiger partial charge < -0.3 is 0 Å². The average Bonchev–Trinajstić information content (AvgIpc) is 2.39. The molecule has 2 aliphatic rings. The molecule has 0 aromatic rings. The molecular formula is C17H27ClHgO3Si. The molecule has 0 saturated heterocycles. The van der Waals surface area contributed by atoms with Crippen molar-refractivity contribution in [3.05, 3.63) is 23.3 Å². The van der Waals surface area contributed by atoms with Crippen molar-refractivity contribution < 1.29 is 37.3 Å². The van der Waals surface area contributed by atoms with Crippen LogP contribution in [-0.2, 0) is 37.3 Å². The summed E-state index contributed by atoms with van der Waals surface area (Å²) in [7, 11) is 4.31. The summed E-state index contributed by atoms with van der Waals surface area (Å²) in [6.07, 6.45) is 4.69. The van der Waals surface area contributed by atoms with Gasteiger partial charge in [-0.05, 0) is 0 Å². The Morgan fingerprint density at radius 3 is 2.65 bits per heavy atom. The van der Waals surface area contributed by atoms with Crippen LogP contribution in [0.2, 0.25) is 22.1 Å². The molecule has 1 aliphatic heterocycles. The van der Waals surface area contributed by atoms with E-state index >= 15 is 0 Å². The first kappa shape index (κ1) is 19.7. The van der Waals surface area contributed by atoms with Gasteiger partial charge in [0, 0.05) is 0 Å². The molecule has 0 spiro atoms. The number of rotatable bonds is 4. The first-order valence-electron chi connectivity index (χ1n) is 8.38. The first-order valence-corrected chi connectivity index (χ1v) is 21.9. The summed E-state index contributed by atoms with van der Waals surface area (Å²) in [5, 5.41) is 0.190. The number of halogens is 1. The quantitative estimate of drug-likeness (QED) is 0.289. The molecule has 0 bridgehead atoms. The zero-order valence-corrected chi connectivity index (χ0v) is 22.4. The Morgan fingerprint density at radius 1 is 1.43 bits per heavy atom. The van der Waals surface area contributed by atoms with Crippen molar-refractivity contribution in [3.63, 3.8) is 0 Å². The molecule has 0 saturated carbocycles. The topological polar surface area (TPSA) is 35.5 Å². The van der Waals surface area contributed by atoms with Gasteiger partial charge in [0.05, 0.1) is 0 Å². The normalized spacial score (nSPS) is 28.3. The number of carbonyl (C=O) groups is 1. The van der Waals surface area contributed by atoms with Crippen molar-refractivity contribution >= 4 is 22.5 Å². The summed E-state index contributed by atoms with van der Waals surface area (Å²) >= 11 is -1.35. The molecule has 3 atom stereocenters. The zero-order valence-electron chi connectivity index (χ0n) is 15.1. The summed E-state index contributed by atoms with van der Waals surface area (Å²) in [4.78, 5) is 11.8. The van der Waals surface area contributed by atoms with Crippen LogP contribution in [0.4, 0.5) is 0 Å². The van der Waals surface area contributed by atoms with Crippen LogP contribution in [0.5, 0.6) is 0 Å². The maximum atomic E-state index is 11.8. The van der Waals surface area contributed by atoms with Gasteiger partial charge in [0.2, 0.25) is 0 Å². The second kappa shape index (κ2) is 7.30. The van der Waals surface area contributed by atoms with E-state index in [0.717, 1.165) is 10.4 Å². The van der Waals surface area contributed by atoms with Crippen molar-refractivity contribution in [2.45, 2.75) is 68.4 Å². The SMILES string of the molecule is CC1=C[C@H]2OC(=O)C=C([CH2][Hg][Cl])[C@H]2C[C@H]1O[Si](C)(C)C(C)(C)C. The van der Waals surface area contributed by atoms with E-state index in [9.17, 15) is 4.79 Å². The Labute approximate surface area is 156 Å². The fraction of sp³-hybridized carbons (Fsp3) is 0.706. The van der Waals surface area contributed by atoms with Crippen molar-refractivity contribution in [1.82, 2.24) is 0 Å². The van der Waals surface area contributed by atoms with E-state index in [1.165, 1.54) is 11.1 Å².